The highest BCUT2D eigenvalue weighted by molar-refractivity contribution is 6.20. The molecule has 0 radical (unpaired) electrons. The lowest BCUT2D eigenvalue weighted by Gasteiger charge is -2.23. The van der Waals surface area contributed by atoms with E-state index in [2.05, 4.69) is 356 Å². The zero-order chi connectivity index (χ0) is 60.5. The molecule has 0 unspecified atom stereocenters. The van der Waals surface area contributed by atoms with Crippen molar-refractivity contribution >= 4 is 21.8 Å². The fourth-order valence-electron chi connectivity index (χ4n) is 13.0. The van der Waals surface area contributed by atoms with Gasteiger partial charge in [-0.2, -0.15) is 0 Å². The van der Waals surface area contributed by atoms with Gasteiger partial charge in [0.2, 0.25) is 0 Å². The molecule has 0 spiro atoms. The quantitative estimate of drug-likeness (QED) is 0.116. The minimum absolute atomic E-state index is 0.552. The summed E-state index contributed by atoms with van der Waals surface area (Å²) >= 11 is 0. The highest BCUT2D eigenvalue weighted by atomic mass is 15.0. The van der Waals surface area contributed by atoms with Crippen molar-refractivity contribution < 1.29 is 0 Å². The molecule has 4 heteroatoms. The number of rotatable bonds is 13. The Morgan fingerprint density at radius 2 is 0.385 bits per heavy atom. The second-order valence-electron chi connectivity index (χ2n) is 23.1. The third-order valence-electron chi connectivity index (χ3n) is 17.4. The van der Waals surface area contributed by atoms with Crippen LogP contribution in [0.1, 0.15) is 0 Å². The van der Waals surface area contributed by atoms with Gasteiger partial charge < -0.3 is 4.57 Å². The highest BCUT2D eigenvalue weighted by Gasteiger charge is 2.28. The summed E-state index contributed by atoms with van der Waals surface area (Å²) in [6, 6.07) is 126. The van der Waals surface area contributed by atoms with Crippen molar-refractivity contribution in [2.24, 2.45) is 0 Å². The number of benzene rings is 14. The maximum absolute atomic E-state index is 5.65. The van der Waals surface area contributed by atoms with Gasteiger partial charge in [-0.3, -0.25) is 0 Å². The molecular formula is C87H58N4. The van der Waals surface area contributed by atoms with Crippen LogP contribution in [-0.2, 0) is 0 Å². The molecule has 0 N–H and O–H groups in total. The van der Waals surface area contributed by atoms with Crippen LogP contribution >= 0.6 is 0 Å². The van der Waals surface area contributed by atoms with Crippen LogP contribution in [0, 0.1) is 0 Å². The second-order valence-corrected chi connectivity index (χ2v) is 23.1. The third kappa shape index (κ3) is 10.6. The van der Waals surface area contributed by atoms with Crippen molar-refractivity contribution in [3.05, 3.63) is 352 Å². The normalized spacial score (nSPS) is 11.3. The van der Waals surface area contributed by atoms with E-state index in [0.29, 0.717) is 17.5 Å². The Labute approximate surface area is 530 Å². The predicted molar refractivity (Wildman–Crippen MR) is 379 cm³/mol. The molecule has 2 aromatic heterocycles. The van der Waals surface area contributed by atoms with Gasteiger partial charge >= 0.3 is 0 Å². The zero-order valence-corrected chi connectivity index (χ0v) is 49.8. The summed E-state index contributed by atoms with van der Waals surface area (Å²) in [6.07, 6.45) is 0. The van der Waals surface area contributed by atoms with Gasteiger partial charge in [-0.25, -0.2) is 15.0 Å². The van der Waals surface area contributed by atoms with E-state index in [1.54, 1.807) is 0 Å². The Kier molecular flexibility index (Phi) is 14.2. The van der Waals surface area contributed by atoms with Crippen LogP contribution in [0.25, 0.3) is 162 Å². The van der Waals surface area contributed by atoms with E-state index < -0.39 is 0 Å². The molecule has 16 aromatic rings. The fourth-order valence-corrected chi connectivity index (χ4v) is 13.0. The van der Waals surface area contributed by atoms with E-state index in [0.717, 1.165) is 144 Å². The predicted octanol–water partition coefficient (Wildman–Crippen LogP) is 23.0. The molecule has 0 saturated heterocycles. The molecular weight excluding hydrogens is 1100 g/mol. The molecule has 426 valence electrons. The number of aromatic nitrogens is 4. The van der Waals surface area contributed by atoms with Crippen LogP contribution < -0.4 is 0 Å². The van der Waals surface area contributed by atoms with Crippen LogP contribution in [0.4, 0.5) is 0 Å². The van der Waals surface area contributed by atoms with Crippen molar-refractivity contribution in [1.29, 1.82) is 0 Å². The van der Waals surface area contributed by atoms with E-state index >= 15 is 0 Å². The van der Waals surface area contributed by atoms with E-state index in [4.69, 9.17) is 15.0 Å². The van der Waals surface area contributed by atoms with Gasteiger partial charge in [-0.15, -0.1) is 0 Å². The lowest BCUT2D eigenvalue weighted by molar-refractivity contribution is 1.07. The lowest BCUT2D eigenvalue weighted by atomic mass is 9.91. The monoisotopic (exact) mass is 1160 g/mol. The number of fused-ring (bicyclic) bond motifs is 3. The lowest BCUT2D eigenvalue weighted by Crippen LogP contribution is -2.05. The Morgan fingerprint density at radius 1 is 0.165 bits per heavy atom. The minimum atomic E-state index is 0.552. The summed E-state index contributed by atoms with van der Waals surface area (Å²) in [4.78, 5) is 16.7. The zero-order valence-electron chi connectivity index (χ0n) is 49.8. The first-order chi connectivity index (χ1) is 45.1. The third-order valence-corrected chi connectivity index (χ3v) is 17.4. The molecule has 14 aromatic carbocycles. The van der Waals surface area contributed by atoms with Crippen LogP contribution in [0.5, 0.6) is 0 Å². The van der Waals surface area contributed by atoms with Crippen LogP contribution in [0.2, 0.25) is 0 Å². The van der Waals surface area contributed by atoms with Gasteiger partial charge in [0.25, 0.3) is 0 Å². The van der Waals surface area contributed by atoms with Crippen LogP contribution in [-0.4, -0.2) is 19.5 Å². The summed E-state index contributed by atoms with van der Waals surface area (Å²) in [6.45, 7) is 0. The molecule has 16 rings (SSSR count). The number of hydrogen-bond donors (Lipinski definition) is 0. The number of hydrogen-bond acceptors (Lipinski definition) is 3. The summed E-state index contributed by atoms with van der Waals surface area (Å²) in [7, 11) is 0. The fraction of sp³-hybridized carbons (Fsp3) is 0. The average molecular weight is 1160 g/mol. The van der Waals surface area contributed by atoms with Gasteiger partial charge in [0.05, 0.1) is 16.7 Å². The maximum atomic E-state index is 5.65. The average Bonchev–Trinajstić information content (AvgIpc) is 1.60. The standard InChI is InChI=1S/C87H58N4/c1-10-28-59(29-11-1)64-46-48-69(49-47-64)85-88-86(74-51-70(60-30-12-2-13-31-60)50-71(52-74)61-32-14-3-15-33-61)90-87(89-85)75-57-78(67-42-24-8-25-43-67)82(79(58-75)68-44-26-9-27-45-68)91-83-76(65-38-20-6-21-39-65)53-72(62-34-16-4-17-35-62)55-80(83)81-56-73(63-36-18-5-19-37-63)54-77(84(81)91)66-40-22-7-23-41-66/h1-58H. The molecule has 0 aliphatic carbocycles. The van der Waals surface area contributed by atoms with E-state index in [1.807, 2.05) is 0 Å². The molecule has 0 amide bonds. The summed E-state index contributed by atoms with van der Waals surface area (Å²) < 4.78 is 2.60. The minimum Gasteiger partial charge on any atom is -0.307 e. The SMILES string of the molecule is c1ccc(-c2ccc(-c3nc(-c4cc(-c5ccccc5)cc(-c5ccccc5)c4)nc(-c4cc(-c5ccccc5)c(-n5c6c(-c7ccccc7)cc(-c7ccccc7)cc6c6cc(-c7ccccc7)cc(-c7ccccc7)c65)c(-c5ccccc5)c4)n3)cc2)cc1. The Morgan fingerprint density at radius 3 is 0.714 bits per heavy atom. The molecule has 0 fully saturated rings. The van der Waals surface area contributed by atoms with Crippen LogP contribution in [0.3, 0.4) is 0 Å². The summed E-state index contributed by atoms with van der Waals surface area (Å²) in [5.74, 6) is 1.69. The first-order valence-electron chi connectivity index (χ1n) is 31.0. The molecule has 0 atom stereocenters. The van der Waals surface area contributed by atoms with Gasteiger partial charge in [-0.05, 0) is 132 Å². The van der Waals surface area contributed by atoms with Crippen molar-refractivity contribution in [3.8, 4) is 140 Å². The molecule has 91 heavy (non-hydrogen) atoms. The Bertz CT molecular complexity index is 4990. The van der Waals surface area contributed by atoms with Crippen LogP contribution in [0.15, 0.2) is 352 Å². The first-order valence-corrected chi connectivity index (χ1v) is 31.0. The maximum Gasteiger partial charge on any atom is 0.164 e. The summed E-state index contributed by atoms with van der Waals surface area (Å²) in [5, 5.41) is 2.29. The van der Waals surface area contributed by atoms with Gasteiger partial charge in [0, 0.05) is 49.7 Å². The topological polar surface area (TPSA) is 43.6 Å². The molecule has 0 saturated carbocycles. The number of nitrogens with zero attached hydrogens (tertiary/aromatic N) is 4. The molecule has 2 heterocycles. The van der Waals surface area contributed by atoms with E-state index in [9.17, 15) is 0 Å². The van der Waals surface area contributed by atoms with E-state index in [1.165, 1.54) is 0 Å². The largest absolute Gasteiger partial charge is 0.307 e. The van der Waals surface area contributed by atoms with Gasteiger partial charge in [0.1, 0.15) is 0 Å². The van der Waals surface area contributed by atoms with Gasteiger partial charge in [-0.1, -0.05) is 297 Å². The molecule has 0 aliphatic rings. The molecule has 0 bridgehead atoms. The molecule has 4 nitrogen and oxygen atoms in total. The van der Waals surface area contributed by atoms with E-state index in [-0.39, 0.29) is 0 Å². The van der Waals surface area contributed by atoms with Crippen molar-refractivity contribution in [1.82, 2.24) is 19.5 Å². The van der Waals surface area contributed by atoms with Crippen molar-refractivity contribution in [2.75, 3.05) is 0 Å². The van der Waals surface area contributed by atoms with Crippen molar-refractivity contribution in [3.63, 3.8) is 0 Å². The Balaban J connectivity index is 1.03. The van der Waals surface area contributed by atoms with Gasteiger partial charge in [0.15, 0.2) is 17.5 Å². The first kappa shape index (κ1) is 54.3. The second kappa shape index (κ2) is 23.9. The Hall–Kier alpha value is -12.1. The summed E-state index contributed by atoms with van der Waals surface area (Å²) in [5.41, 5.74) is 25.6. The smallest absolute Gasteiger partial charge is 0.164 e. The van der Waals surface area contributed by atoms with Crippen molar-refractivity contribution in [2.45, 2.75) is 0 Å². The molecule has 0 aliphatic heterocycles. The highest BCUT2D eigenvalue weighted by Crippen LogP contribution is 2.50.